The fourth-order valence-electron chi connectivity index (χ4n) is 2.26. The molecule has 0 saturated carbocycles. The van der Waals surface area contributed by atoms with Crippen LogP contribution in [-0.4, -0.2) is 28.2 Å². The van der Waals surface area contributed by atoms with Crippen molar-refractivity contribution in [1.82, 2.24) is 9.97 Å². The van der Waals surface area contributed by atoms with Crippen molar-refractivity contribution in [2.24, 2.45) is 5.92 Å². The smallest absolute Gasteiger partial charge is 0.132 e. The molecule has 1 aliphatic rings. The molecule has 0 aliphatic heterocycles. The lowest BCUT2D eigenvalue weighted by molar-refractivity contribution is 0.229. The molecule has 0 aromatic carbocycles. The highest BCUT2D eigenvalue weighted by molar-refractivity contribution is 5.47. The van der Waals surface area contributed by atoms with E-state index in [9.17, 15) is 0 Å². The van der Waals surface area contributed by atoms with Crippen LogP contribution in [0, 0.1) is 5.92 Å². The highest BCUT2D eigenvalue weighted by Gasteiger charge is 2.16. The monoisotopic (exact) mass is 235 g/mol. The lowest BCUT2D eigenvalue weighted by atomic mass is 10.1. The molecular weight excluding hydrogens is 214 g/mol. The van der Waals surface area contributed by atoms with Gasteiger partial charge in [-0.2, -0.15) is 0 Å². The summed E-state index contributed by atoms with van der Waals surface area (Å²) in [7, 11) is 0. The Hall–Kier alpha value is -1.16. The molecule has 0 amide bonds. The van der Waals surface area contributed by atoms with Gasteiger partial charge in [0.2, 0.25) is 0 Å². The van der Waals surface area contributed by atoms with Crippen molar-refractivity contribution >= 4 is 5.82 Å². The molecule has 1 aliphatic carbocycles. The van der Waals surface area contributed by atoms with Crippen molar-refractivity contribution < 1.29 is 5.11 Å². The first-order valence-electron chi connectivity index (χ1n) is 6.48. The average Bonchev–Trinajstić information content (AvgIpc) is 2.83. The Balaban J connectivity index is 1.82. The topological polar surface area (TPSA) is 58.0 Å². The quantitative estimate of drug-likeness (QED) is 0.738. The van der Waals surface area contributed by atoms with Crippen molar-refractivity contribution in [3.63, 3.8) is 0 Å². The molecule has 0 radical (unpaired) electrons. The third kappa shape index (κ3) is 3.16. The maximum atomic E-state index is 8.94. The summed E-state index contributed by atoms with van der Waals surface area (Å²) >= 11 is 0. The summed E-state index contributed by atoms with van der Waals surface area (Å²) in [4.78, 5) is 8.62. The van der Waals surface area contributed by atoms with E-state index in [1.807, 2.05) is 0 Å². The Morgan fingerprint density at radius 3 is 3.12 bits per heavy atom. The zero-order valence-corrected chi connectivity index (χ0v) is 10.4. The van der Waals surface area contributed by atoms with E-state index in [4.69, 9.17) is 5.11 Å². The molecule has 1 heterocycles. The molecule has 1 unspecified atom stereocenters. The molecule has 1 aromatic rings. The van der Waals surface area contributed by atoms with Gasteiger partial charge in [0, 0.05) is 24.4 Å². The van der Waals surface area contributed by atoms with E-state index in [1.165, 1.54) is 17.7 Å². The molecule has 1 atom stereocenters. The summed E-state index contributed by atoms with van der Waals surface area (Å²) in [5.41, 5.74) is 2.52. The second kappa shape index (κ2) is 5.96. The highest BCUT2D eigenvalue weighted by atomic mass is 16.3. The summed E-state index contributed by atoms with van der Waals surface area (Å²) in [6.07, 6.45) is 7.17. The van der Waals surface area contributed by atoms with Gasteiger partial charge in [-0.05, 0) is 38.0 Å². The van der Waals surface area contributed by atoms with Crippen molar-refractivity contribution in [2.45, 2.75) is 39.0 Å². The summed E-state index contributed by atoms with van der Waals surface area (Å²) < 4.78 is 0. The predicted molar refractivity (Wildman–Crippen MR) is 68.0 cm³/mol. The predicted octanol–water partition coefficient (Wildman–Crippen LogP) is 1.79. The van der Waals surface area contributed by atoms with E-state index in [2.05, 4.69) is 22.2 Å². The summed E-state index contributed by atoms with van der Waals surface area (Å²) in [5, 5.41) is 12.3. The molecule has 4 heteroatoms. The fourth-order valence-corrected chi connectivity index (χ4v) is 2.26. The zero-order valence-electron chi connectivity index (χ0n) is 10.4. The number of hydrogen-bond donors (Lipinski definition) is 2. The van der Waals surface area contributed by atoms with Crippen LogP contribution in [0.5, 0.6) is 0 Å². The molecular formula is C13H21N3O. The maximum absolute atomic E-state index is 8.94. The van der Waals surface area contributed by atoms with Gasteiger partial charge in [0.25, 0.3) is 0 Å². The molecule has 1 aromatic heterocycles. The van der Waals surface area contributed by atoms with Gasteiger partial charge in [0.1, 0.15) is 12.1 Å². The lowest BCUT2D eigenvalue weighted by Crippen LogP contribution is -2.09. The van der Waals surface area contributed by atoms with Crippen LogP contribution < -0.4 is 5.32 Å². The molecule has 0 spiro atoms. The van der Waals surface area contributed by atoms with Gasteiger partial charge in [-0.25, -0.2) is 9.97 Å². The number of nitrogens with zero attached hydrogens (tertiary/aromatic N) is 2. The van der Waals surface area contributed by atoms with Gasteiger partial charge < -0.3 is 10.4 Å². The first kappa shape index (κ1) is 12.3. The number of anilines is 1. The van der Waals surface area contributed by atoms with Crippen LogP contribution in [0.25, 0.3) is 0 Å². The van der Waals surface area contributed by atoms with Gasteiger partial charge >= 0.3 is 0 Å². The Morgan fingerprint density at radius 2 is 2.29 bits per heavy atom. The maximum Gasteiger partial charge on any atom is 0.132 e. The van der Waals surface area contributed by atoms with Gasteiger partial charge in [-0.3, -0.25) is 0 Å². The minimum atomic E-state index is 0.281. The Kier molecular flexibility index (Phi) is 4.31. The second-order valence-corrected chi connectivity index (χ2v) is 4.86. The summed E-state index contributed by atoms with van der Waals surface area (Å²) in [5.74, 6) is 1.41. The zero-order chi connectivity index (χ0) is 12.1. The van der Waals surface area contributed by atoms with Crippen LogP contribution in [0.2, 0.25) is 0 Å². The molecule has 2 N–H and O–H groups in total. The van der Waals surface area contributed by atoms with Crippen LogP contribution >= 0.6 is 0 Å². The van der Waals surface area contributed by atoms with Crippen LogP contribution in [-0.2, 0) is 12.8 Å². The summed E-state index contributed by atoms with van der Waals surface area (Å²) in [6.45, 7) is 3.28. The van der Waals surface area contributed by atoms with Gasteiger partial charge in [0.05, 0.1) is 0 Å². The number of aryl methyl sites for hydroxylation is 1. The van der Waals surface area contributed by atoms with Crippen LogP contribution in [0.3, 0.4) is 0 Å². The van der Waals surface area contributed by atoms with Gasteiger partial charge in [-0.1, -0.05) is 6.92 Å². The second-order valence-electron chi connectivity index (χ2n) is 4.86. The molecule has 94 valence electrons. The number of aliphatic hydroxyl groups is 1. The fraction of sp³-hybridized carbons (Fsp3) is 0.692. The van der Waals surface area contributed by atoms with E-state index >= 15 is 0 Å². The Labute approximate surface area is 102 Å². The minimum absolute atomic E-state index is 0.281. The minimum Gasteiger partial charge on any atom is -0.396 e. The van der Waals surface area contributed by atoms with Crippen LogP contribution in [0.15, 0.2) is 6.33 Å². The third-order valence-electron chi connectivity index (χ3n) is 3.35. The van der Waals surface area contributed by atoms with Crippen molar-refractivity contribution in [2.75, 3.05) is 18.5 Å². The Morgan fingerprint density at radius 1 is 1.41 bits per heavy atom. The average molecular weight is 235 g/mol. The van der Waals surface area contributed by atoms with E-state index < -0.39 is 0 Å². The standard InChI is InChI=1S/C13H21N3O/c1-10(8-17)4-3-7-14-13-11-5-2-6-12(11)15-9-16-13/h9-10,17H,2-8H2,1H3,(H,14,15,16). The number of nitrogens with one attached hydrogen (secondary N) is 1. The Bertz CT molecular complexity index is 368. The number of fused-ring (bicyclic) bond motifs is 1. The van der Waals surface area contributed by atoms with Crippen LogP contribution in [0.1, 0.15) is 37.4 Å². The van der Waals surface area contributed by atoms with E-state index in [0.717, 1.165) is 38.0 Å². The molecule has 4 nitrogen and oxygen atoms in total. The summed E-state index contributed by atoms with van der Waals surface area (Å²) in [6, 6.07) is 0. The highest BCUT2D eigenvalue weighted by Crippen LogP contribution is 2.24. The van der Waals surface area contributed by atoms with Gasteiger partial charge in [-0.15, -0.1) is 0 Å². The normalized spacial score (nSPS) is 15.6. The molecule has 17 heavy (non-hydrogen) atoms. The number of aliphatic hydroxyl groups excluding tert-OH is 1. The first-order valence-corrected chi connectivity index (χ1v) is 6.48. The molecule has 0 fully saturated rings. The SMILES string of the molecule is CC(CO)CCCNc1ncnc2c1CCC2. The van der Waals surface area contributed by atoms with Crippen molar-refractivity contribution in [3.05, 3.63) is 17.6 Å². The number of hydrogen-bond acceptors (Lipinski definition) is 4. The molecule has 2 rings (SSSR count). The first-order chi connectivity index (χ1) is 8.31. The molecule has 0 saturated heterocycles. The number of aromatic nitrogens is 2. The van der Waals surface area contributed by atoms with Crippen molar-refractivity contribution in [1.29, 1.82) is 0 Å². The van der Waals surface area contributed by atoms with Crippen molar-refractivity contribution in [3.8, 4) is 0 Å². The third-order valence-corrected chi connectivity index (χ3v) is 3.35. The van der Waals surface area contributed by atoms with Crippen LogP contribution in [0.4, 0.5) is 5.82 Å². The largest absolute Gasteiger partial charge is 0.396 e. The van der Waals surface area contributed by atoms with E-state index in [0.29, 0.717) is 5.92 Å². The molecule has 0 bridgehead atoms. The van der Waals surface area contributed by atoms with E-state index in [1.54, 1.807) is 6.33 Å². The van der Waals surface area contributed by atoms with Gasteiger partial charge in [0.15, 0.2) is 0 Å². The lowest BCUT2D eigenvalue weighted by Gasteiger charge is -2.11. The number of rotatable bonds is 6. The van der Waals surface area contributed by atoms with E-state index in [-0.39, 0.29) is 6.61 Å².